The van der Waals surface area contributed by atoms with Crippen LogP contribution in [0.1, 0.15) is 17.0 Å². The minimum absolute atomic E-state index is 0.711. The van der Waals surface area contributed by atoms with Crippen LogP contribution in [0.15, 0.2) is 33.1 Å². The van der Waals surface area contributed by atoms with Crippen molar-refractivity contribution in [3.8, 4) is 0 Å². The summed E-state index contributed by atoms with van der Waals surface area (Å²) in [6.45, 7) is 3.85. The van der Waals surface area contributed by atoms with Crippen molar-refractivity contribution in [3.05, 3.63) is 46.3 Å². The Hall–Kier alpha value is -1.57. The van der Waals surface area contributed by atoms with Crippen LogP contribution in [0.5, 0.6) is 0 Å². The van der Waals surface area contributed by atoms with Crippen molar-refractivity contribution in [2.24, 2.45) is 0 Å². The van der Waals surface area contributed by atoms with E-state index in [1.807, 2.05) is 38.1 Å². The fraction of sp³-hybridized carbons (Fsp3) is 0.214. The van der Waals surface area contributed by atoms with E-state index in [4.69, 9.17) is 16.1 Å². The molecule has 0 unspecified atom stereocenters. The minimum Gasteiger partial charge on any atom is -0.361 e. The number of halogens is 1. The number of thioether (sulfide) groups is 1. The Morgan fingerprint density at radius 2 is 2.14 bits per heavy atom. The first-order chi connectivity index (χ1) is 10.6. The largest absolute Gasteiger partial charge is 0.361 e. The third kappa shape index (κ3) is 3.79. The van der Waals surface area contributed by atoms with Gasteiger partial charge >= 0.3 is 0 Å². The molecule has 0 aliphatic rings. The van der Waals surface area contributed by atoms with Crippen molar-refractivity contribution in [2.45, 2.75) is 23.9 Å². The minimum atomic E-state index is 0.711. The average Bonchev–Trinajstić information content (AvgIpc) is 3.10. The summed E-state index contributed by atoms with van der Waals surface area (Å²) in [5.74, 6) is 1.52. The highest BCUT2D eigenvalue weighted by Crippen LogP contribution is 2.30. The van der Waals surface area contributed by atoms with Crippen molar-refractivity contribution >= 4 is 45.5 Å². The monoisotopic (exact) mass is 352 g/mol. The first kappa shape index (κ1) is 15.3. The first-order valence-electron chi connectivity index (χ1n) is 6.52. The smallest absolute Gasteiger partial charge is 0.210 e. The van der Waals surface area contributed by atoms with Gasteiger partial charge in [0.05, 0.1) is 5.69 Å². The zero-order valence-corrected chi connectivity index (χ0v) is 14.3. The number of hydrogen-bond donors (Lipinski definition) is 1. The molecular formula is C14H13ClN4OS2. The van der Waals surface area contributed by atoms with Crippen molar-refractivity contribution in [2.75, 3.05) is 5.32 Å². The number of anilines is 2. The van der Waals surface area contributed by atoms with Gasteiger partial charge in [-0.3, -0.25) is 0 Å². The van der Waals surface area contributed by atoms with Crippen LogP contribution >= 0.6 is 34.7 Å². The van der Waals surface area contributed by atoms with Crippen molar-refractivity contribution in [1.29, 1.82) is 0 Å². The zero-order chi connectivity index (χ0) is 15.5. The van der Waals surface area contributed by atoms with Crippen molar-refractivity contribution in [1.82, 2.24) is 15.4 Å². The lowest BCUT2D eigenvalue weighted by Gasteiger charge is -2.03. The molecule has 3 rings (SSSR count). The van der Waals surface area contributed by atoms with Gasteiger partial charge in [-0.05, 0) is 31.5 Å². The molecule has 0 amide bonds. The van der Waals surface area contributed by atoms with Gasteiger partial charge in [0, 0.05) is 22.5 Å². The predicted octanol–water partition coefficient (Wildman–Crippen LogP) is 4.83. The molecule has 2 aromatic heterocycles. The van der Waals surface area contributed by atoms with Gasteiger partial charge in [0.2, 0.25) is 5.13 Å². The van der Waals surface area contributed by atoms with E-state index in [2.05, 4.69) is 20.7 Å². The van der Waals surface area contributed by atoms with Gasteiger partial charge in [0.1, 0.15) is 5.76 Å². The number of nitrogens with zero attached hydrogens (tertiary/aromatic N) is 3. The lowest BCUT2D eigenvalue weighted by Crippen LogP contribution is -1.89. The quantitative estimate of drug-likeness (QED) is 0.663. The maximum Gasteiger partial charge on any atom is 0.210 e. The summed E-state index contributed by atoms with van der Waals surface area (Å²) in [6, 6.07) is 7.73. The highest BCUT2D eigenvalue weighted by atomic mass is 35.5. The summed E-state index contributed by atoms with van der Waals surface area (Å²) in [7, 11) is 0. The van der Waals surface area contributed by atoms with E-state index in [1.54, 1.807) is 11.8 Å². The van der Waals surface area contributed by atoms with Gasteiger partial charge in [-0.15, -0.1) is 10.2 Å². The van der Waals surface area contributed by atoms with E-state index in [-0.39, 0.29) is 0 Å². The van der Waals surface area contributed by atoms with Crippen LogP contribution in [0.3, 0.4) is 0 Å². The first-order valence-corrected chi connectivity index (χ1v) is 8.70. The predicted molar refractivity (Wildman–Crippen MR) is 90.2 cm³/mol. The summed E-state index contributed by atoms with van der Waals surface area (Å²) < 4.78 is 5.91. The van der Waals surface area contributed by atoms with Crippen LogP contribution in [-0.2, 0) is 5.75 Å². The Balaban J connectivity index is 1.62. The van der Waals surface area contributed by atoms with E-state index in [0.717, 1.165) is 37.2 Å². The molecule has 2 heterocycles. The molecule has 0 radical (unpaired) electrons. The van der Waals surface area contributed by atoms with E-state index in [0.29, 0.717) is 5.75 Å². The lowest BCUT2D eigenvalue weighted by atomic mass is 10.2. The van der Waals surface area contributed by atoms with Crippen LogP contribution in [0, 0.1) is 13.8 Å². The molecule has 0 aliphatic heterocycles. The molecule has 0 atom stereocenters. The molecule has 22 heavy (non-hydrogen) atoms. The normalized spacial score (nSPS) is 10.9. The molecule has 0 spiro atoms. The van der Waals surface area contributed by atoms with Gasteiger partial charge in [0.15, 0.2) is 4.34 Å². The Morgan fingerprint density at radius 1 is 1.27 bits per heavy atom. The zero-order valence-electron chi connectivity index (χ0n) is 12.0. The Kier molecular flexibility index (Phi) is 4.66. The van der Waals surface area contributed by atoms with Gasteiger partial charge in [0.25, 0.3) is 0 Å². The second-order valence-electron chi connectivity index (χ2n) is 4.68. The number of nitrogens with one attached hydrogen (secondary N) is 1. The van der Waals surface area contributed by atoms with Crippen LogP contribution in [0.2, 0.25) is 5.02 Å². The van der Waals surface area contributed by atoms with Crippen molar-refractivity contribution in [3.63, 3.8) is 0 Å². The van der Waals surface area contributed by atoms with Gasteiger partial charge in [-0.25, -0.2) is 0 Å². The fourth-order valence-electron chi connectivity index (χ4n) is 1.73. The average molecular weight is 353 g/mol. The summed E-state index contributed by atoms with van der Waals surface area (Å²) >= 11 is 9.18. The van der Waals surface area contributed by atoms with Crippen LogP contribution in [-0.4, -0.2) is 15.4 Å². The SMILES string of the molecule is Cc1cc(CSc2nnc(Nc3ccc(C)c(Cl)c3)s2)no1. The van der Waals surface area contributed by atoms with Crippen LogP contribution in [0.4, 0.5) is 10.8 Å². The third-order valence-corrected chi connectivity index (χ3v) is 5.26. The number of aromatic nitrogens is 3. The molecule has 1 aromatic carbocycles. The van der Waals surface area contributed by atoms with Gasteiger partial charge in [-0.2, -0.15) is 0 Å². The van der Waals surface area contributed by atoms with Crippen molar-refractivity contribution < 1.29 is 4.52 Å². The molecule has 8 heteroatoms. The number of rotatable bonds is 5. The number of benzene rings is 1. The molecule has 1 N–H and O–H groups in total. The molecular weight excluding hydrogens is 340 g/mol. The molecule has 0 bridgehead atoms. The molecule has 0 fully saturated rings. The number of aryl methyl sites for hydroxylation is 2. The summed E-state index contributed by atoms with van der Waals surface area (Å²) in [5, 5.41) is 16.9. The Morgan fingerprint density at radius 3 is 2.86 bits per heavy atom. The highest BCUT2D eigenvalue weighted by molar-refractivity contribution is 8.00. The van der Waals surface area contributed by atoms with Gasteiger partial charge < -0.3 is 9.84 Å². The topological polar surface area (TPSA) is 63.8 Å². The Bertz CT molecular complexity index is 787. The maximum absolute atomic E-state index is 6.11. The molecule has 3 aromatic rings. The highest BCUT2D eigenvalue weighted by Gasteiger charge is 2.08. The third-order valence-electron chi connectivity index (χ3n) is 2.85. The Labute approximate surface area is 141 Å². The molecule has 114 valence electrons. The summed E-state index contributed by atoms with van der Waals surface area (Å²) in [4.78, 5) is 0. The molecule has 0 saturated carbocycles. The van der Waals surface area contributed by atoms with E-state index in [9.17, 15) is 0 Å². The van der Waals surface area contributed by atoms with Crippen LogP contribution < -0.4 is 5.32 Å². The van der Waals surface area contributed by atoms with Crippen LogP contribution in [0.25, 0.3) is 0 Å². The second-order valence-corrected chi connectivity index (χ2v) is 7.29. The number of hydrogen-bond acceptors (Lipinski definition) is 7. The van der Waals surface area contributed by atoms with Gasteiger partial charge in [-0.1, -0.05) is 45.9 Å². The standard InChI is InChI=1S/C14H13ClN4OS2/c1-8-3-4-10(6-12(8)15)16-13-17-18-14(22-13)21-7-11-5-9(2)20-19-11/h3-6H,7H2,1-2H3,(H,16,17). The van der Waals surface area contributed by atoms with E-state index >= 15 is 0 Å². The lowest BCUT2D eigenvalue weighted by molar-refractivity contribution is 0.393. The van der Waals surface area contributed by atoms with E-state index < -0.39 is 0 Å². The molecule has 0 saturated heterocycles. The summed E-state index contributed by atoms with van der Waals surface area (Å²) in [6.07, 6.45) is 0. The molecule has 5 nitrogen and oxygen atoms in total. The summed E-state index contributed by atoms with van der Waals surface area (Å²) in [5.41, 5.74) is 2.84. The van der Waals surface area contributed by atoms with E-state index in [1.165, 1.54) is 11.3 Å². The molecule has 0 aliphatic carbocycles. The fourth-order valence-corrected chi connectivity index (χ4v) is 3.57. The second kappa shape index (κ2) is 6.68. The maximum atomic E-state index is 6.11.